The lowest BCUT2D eigenvalue weighted by Gasteiger charge is -2.15. The summed E-state index contributed by atoms with van der Waals surface area (Å²) in [7, 11) is 1.57. The summed E-state index contributed by atoms with van der Waals surface area (Å²) in [6.45, 7) is 3.42. The van der Waals surface area contributed by atoms with Crippen LogP contribution < -0.4 is 9.47 Å². The zero-order chi connectivity index (χ0) is 15.4. The number of Topliss-reactive ketones (excluding diaryl/α,β-unsaturated/α-hetero) is 1. The van der Waals surface area contributed by atoms with E-state index >= 15 is 0 Å². The Morgan fingerprint density at radius 1 is 1.14 bits per heavy atom. The molecule has 1 unspecified atom stereocenters. The fourth-order valence-corrected chi connectivity index (χ4v) is 1.98. The predicted octanol–water partition coefficient (Wildman–Crippen LogP) is 3.79. The summed E-state index contributed by atoms with van der Waals surface area (Å²) in [6.07, 6.45) is -0.650. The van der Waals surface area contributed by atoms with Gasteiger partial charge < -0.3 is 9.47 Å². The van der Waals surface area contributed by atoms with Crippen LogP contribution in [0.15, 0.2) is 42.5 Å². The van der Waals surface area contributed by atoms with Gasteiger partial charge in [0.25, 0.3) is 0 Å². The minimum Gasteiger partial charge on any atom is -0.497 e. The first-order chi connectivity index (χ1) is 10.0. The maximum atomic E-state index is 13.0. The lowest BCUT2D eigenvalue weighted by atomic mass is 10.1. The molecule has 0 saturated carbocycles. The van der Waals surface area contributed by atoms with Gasteiger partial charge in [0, 0.05) is 5.56 Å². The maximum Gasteiger partial charge on any atom is 0.202 e. The van der Waals surface area contributed by atoms with Crippen molar-refractivity contribution in [3.63, 3.8) is 0 Å². The highest BCUT2D eigenvalue weighted by atomic mass is 19.1. The number of hydrogen-bond donors (Lipinski definition) is 0. The summed E-state index contributed by atoms with van der Waals surface area (Å²) in [4.78, 5) is 12.3. The number of carbonyl (C=O) groups is 1. The van der Waals surface area contributed by atoms with Gasteiger partial charge in [0.2, 0.25) is 5.78 Å². The number of rotatable bonds is 5. The average molecular weight is 288 g/mol. The van der Waals surface area contributed by atoms with Crippen molar-refractivity contribution in [3.05, 3.63) is 59.4 Å². The summed E-state index contributed by atoms with van der Waals surface area (Å²) < 4.78 is 23.7. The Hall–Kier alpha value is -2.36. The van der Waals surface area contributed by atoms with E-state index < -0.39 is 6.10 Å². The molecule has 2 rings (SSSR count). The van der Waals surface area contributed by atoms with Crippen LogP contribution in [0.2, 0.25) is 0 Å². The number of ether oxygens (including phenoxy) is 2. The van der Waals surface area contributed by atoms with Crippen molar-refractivity contribution in [1.82, 2.24) is 0 Å². The Balaban J connectivity index is 2.11. The molecule has 0 saturated heterocycles. The van der Waals surface area contributed by atoms with E-state index in [1.165, 1.54) is 18.2 Å². The van der Waals surface area contributed by atoms with Crippen molar-refractivity contribution in [3.8, 4) is 11.5 Å². The largest absolute Gasteiger partial charge is 0.497 e. The smallest absolute Gasteiger partial charge is 0.202 e. The summed E-state index contributed by atoms with van der Waals surface area (Å²) in [5, 5.41) is 0. The summed E-state index contributed by atoms with van der Waals surface area (Å²) >= 11 is 0. The molecule has 0 spiro atoms. The number of hydrogen-bond acceptors (Lipinski definition) is 3. The van der Waals surface area contributed by atoms with Gasteiger partial charge in [0.15, 0.2) is 6.10 Å². The summed E-state index contributed by atoms with van der Waals surface area (Å²) in [5.41, 5.74) is 1.20. The minimum atomic E-state index is -0.650. The van der Waals surface area contributed by atoms with E-state index in [9.17, 15) is 9.18 Å². The highest BCUT2D eigenvalue weighted by molar-refractivity contribution is 5.99. The maximum absolute atomic E-state index is 13.0. The van der Waals surface area contributed by atoms with Crippen LogP contribution in [0.4, 0.5) is 4.39 Å². The van der Waals surface area contributed by atoms with Crippen LogP contribution in [-0.2, 0) is 0 Å². The fourth-order valence-electron chi connectivity index (χ4n) is 1.98. The van der Waals surface area contributed by atoms with Crippen LogP contribution in [0.25, 0.3) is 0 Å². The molecule has 0 amide bonds. The summed E-state index contributed by atoms with van der Waals surface area (Å²) in [6, 6.07) is 11.1. The molecule has 2 aromatic rings. The van der Waals surface area contributed by atoms with Crippen molar-refractivity contribution in [1.29, 1.82) is 0 Å². The van der Waals surface area contributed by atoms with E-state index in [-0.39, 0.29) is 11.6 Å². The van der Waals surface area contributed by atoms with Crippen molar-refractivity contribution < 1.29 is 18.7 Å². The Bertz CT molecular complexity index is 635. The predicted molar refractivity (Wildman–Crippen MR) is 78.6 cm³/mol. The van der Waals surface area contributed by atoms with E-state index in [4.69, 9.17) is 9.47 Å². The molecule has 0 aromatic heterocycles. The highest BCUT2D eigenvalue weighted by Gasteiger charge is 2.17. The molecular weight excluding hydrogens is 271 g/mol. The Kier molecular flexibility index (Phi) is 4.58. The molecule has 0 radical (unpaired) electrons. The number of carbonyl (C=O) groups excluding carboxylic acids is 1. The lowest BCUT2D eigenvalue weighted by Crippen LogP contribution is -2.24. The standard InChI is InChI=1S/C17H17FO3/c1-11-10-14(18)6-9-16(11)21-12(2)17(19)13-4-7-15(20-3)8-5-13/h4-10,12H,1-3H3. The van der Waals surface area contributed by atoms with Crippen molar-refractivity contribution >= 4 is 5.78 Å². The van der Waals surface area contributed by atoms with Crippen molar-refractivity contribution in [2.24, 2.45) is 0 Å². The highest BCUT2D eigenvalue weighted by Crippen LogP contribution is 2.21. The van der Waals surface area contributed by atoms with Gasteiger partial charge in [-0.1, -0.05) is 0 Å². The van der Waals surface area contributed by atoms with Crippen molar-refractivity contribution in [2.75, 3.05) is 7.11 Å². The third kappa shape index (κ3) is 3.60. The van der Waals surface area contributed by atoms with Gasteiger partial charge in [-0.25, -0.2) is 4.39 Å². The number of aryl methyl sites for hydroxylation is 1. The molecule has 0 heterocycles. The quantitative estimate of drug-likeness (QED) is 0.785. The second-order valence-corrected chi connectivity index (χ2v) is 4.76. The third-order valence-corrected chi connectivity index (χ3v) is 3.18. The van der Waals surface area contributed by atoms with Gasteiger partial charge in [0.05, 0.1) is 7.11 Å². The first kappa shape index (κ1) is 15.0. The van der Waals surface area contributed by atoms with Crippen LogP contribution in [0.3, 0.4) is 0 Å². The van der Waals surface area contributed by atoms with E-state index in [0.29, 0.717) is 22.6 Å². The molecule has 4 heteroatoms. The van der Waals surface area contributed by atoms with Crippen molar-refractivity contribution in [2.45, 2.75) is 20.0 Å². The average Bonchev–Trinajstić information content (AvgIpc) is 2.49. The van der Waals surface area contributed by atoms with E-state index in [0.717, 1.165) is 0 Å². The zero-order valence-electron chi connectivity index (χ0n) is 12.2. The Morgan fingerprint density at radius 3 is 2.38 bits per heavy atom. The molecular formula is C17H17FO3. The number of benzene rings is 2. The molecule has 0 N–H and O–H groups in total. The molecule has 0 aliphatic heterocycles. The lowest BCUT2D eigenvalue weighted by molar-refractivity contribution is 0.0817. The third-order valence-electron chi connectivity index (χ3n) is 3.18. The van der Waals surface area contributed by atoms with Crippen LogP contribution in [0, 0.1) is 12.7 Å². The number of methoxy groups -OCH3 is 1. The molecule has 0 bridgehead atoms. The minimum absolute atomic E-state index is 0.138. The van der Waals surface area contributed by atoms with Crippen LogP contribution in [0.1, 0.15) is 22.8 Å². The van der Waals surface area contributed by atoms with E-state index in [1.54, 1.807) is 45.2 Å². The molecule has 3 nitrogen and oxygen atoms in total. The van der Waals surface area contributed by atoms with E-state index in [1.807, 2.05) is 0 Å². The second kappa shape index (κ2) is 6.39. The Labute approximate surface area is 123 Å². The van der Waals surface area contributed by atoms with Gasteiger partial charge in [-0.3, -0.25) is 4.79 Å². The van der Waals surface area contributed by atoms with Gasteiger partial charge in [-0.05, 0) is 61.9 Å². The van der Waals surface area contributed by atoms with Gasteiger partial charge in [-0.2, -0.15) is 0 Å². The van der Waals surface area contributed by atoms with Crippen LogP contribution >= 0.6 is 0 Å². The van der Waals surface area contributed by atoms with Crippen LogP contribution in [0.5, 0.6) is 11.5 Å². The Morgan fingerprint density at radius 2 is 1.81 bits per heavy atom. The van der Waals surface area contributed by atoms with E-state index in [2.05, 4.69) is 0 Å². The molecule has 0 aliphatic rings. The first-order valence-corrected chi connectivity index (χ1v) is 6.62. The molecule has 1 atom stereocenters. The van der Waals surface area contributed by atoms with Gasteiger partial charge in [0.1, 0.15) is 17.3 Å². The second-order valence-electron chi connectivity index (χ2n) is 4.76. The molecule has 0 aliphatic carbocycles. The fraction of sp³-hybridized carbons (Fsp3) is 0.235. The number of ketones is 1. The van der Waals surface area contributed by atoms with Crippen LogP contribution in [-0.4, -0.2) is 19.0 Å². The molecule has 2 aromatic carbocycles. The van der Waals surface area contributed by atoms with Gasteiger partial charge in [-0.15, -0.1) is 0 Å². The number of halogens is 1. The van der Waals surface area contributed by atoms with Gasteiger partial charge >= 0.3 is 0 Å². The topological polar surface area (TPSA) is 35.5 Å². The SMILES string of the molecule is COc1ccc(C(=O)C(C)Oc2ccc(F)cc2C)cc1. The first-order valence-electron chi connectivity index (χ1n) is 6.62. The normalized spacial score (nSPS) is 11.8. The monoisotopic (exact) mass is 288 g/mol. The summed E-state index contributed by atoms with van der Waals surface area (Å²) in [5.74, 6) is 0.732. The molecule has 21 heavy (non-hydrogen) atoms. The zero-order valence-corrected chi connectivity index (χ0v) is 12.2. The molecule has 110 valence electrons. The molecule has 0 fully saturated rings.